The quantitative estimate of drug-likeness (QED) is 0.907. The van der Waals surface area contributed by atoms with Crippen molar-refractivity contribution in [2.24, 2.45) is 11.8 Å². The summed E-state index contributed by atoms with van der Waals surface area (Å²) in [5.41, 5.74) is -0.500. The molecule has 3 atom stereocenters. The molecule has 1 aromatic heterocycles. The fraction of sp³-hybridized carbons (Fsp3) is 0.722. The van der Waals surface area contributed by atoms with Crippen LogP contribution < -0.4 is 5.32 Å². The Morgan fingerprint density at radius 2 is 2.08 bits per heavy atom. The number of fused-ring (bicyclic) bond motifs is 1. The van der Waals surface area contributed by atoms with Crippen LogP contribution in [-0.4, -0.2) is 51.4 Å². The number of hydrogen-bond donors (Lipinski definition) is 1. The molecule has 0 aromatic carbocycles. The highest BCUT2D eigenvalue weighted by Crippen LogP contribution is 2.36. The Morgan fingerprint density at radius 3 is 2.76 bits per heavy atom. The largest absolute Gasteiger partial charge is 0.444 e. The fourth-order valence-electron chi connectivity index (χ4n) is 3.95. The summed E-state index contributed by atoms with van der Waals surface area (Å²) in [4.78, 5) is 26.6. The van der Waals surface area contributed by atoms with Crippen molar-refractivity contribution in [3.05, 3.63) is 18.5 Å². The van der Waals surface area contributed by atoms with Gasteiger partial charge in [-0.3, -0.25) is 9.48 Å². The van der Waals surface area contributed by atoms with Gasteiger partial charge in [-0.1, -0.05) is 6.42 Å². The van der Waals surface area contributed by atoms with E-state index in [9.17, 15) is 9.59 Å². The maximum absolute atomic E-state index is 12.5. The summed E-state index contributed by atoms with van der Waals surface area (Å²) < 4.78 is 7.04. The van der Waals surface area contributed by atoms with E-state index in [2.05, 4.69) is 10.4 Å². The van der Waals surface area contributed by atoms with Gasteiger partial charge in [0, 0.05) is 37.4 Å². The van der Waals surface area contributed by atoms with Crippen LogP contribution in [0.2, 0.25) is 0 Å². The zero-order chi connectivity index (χ0) is 18.0. The first kappa shape index (κ1) is 17.8. The van der Waals surface area contributed by atoms with E-state index in [4.69, 9.17) is 4.74 Å². The van der Waals surface area contributed by atoms with Crippen LogP contribution in [0.4, 0.5) is 4.79 Å². The Balaban J connectivity index is 1.58. The number of nitrogens with zero attached hydrogens (tertiary/aromatic N) is 3. The predicted molar refractivity (Wildman–Crippen MR) is 92.8 cm³/mol. The number of alkyl carbamates (subject to hydrolysis) is 1. The molecule has 0 bridgehead atoms. The maximum Gasteiger partial charge on any atom is 0.407 e. The summed E-state index contributed by atoms with van der Waals surface area (Å²) in [6.07, 6.45) is 6.25. The first-order chi connectivity index (χ1) is 11.8. The highest BCUT2D eigenvalue weighted by atomic mass is 16.6. The number of hydrogen-bond acceptors (Lipinski definition) is 4. The SMILES string of the molecule is CC(C)(C)OC(=O)N[C@@H]1CCC[C@@H]2CN(C(=O)Cn3cccn3)C[C@@H]21. The molecule has 1 aliphatic heterocycles. The van der Waals surface area contributed by atoms with Crippen LogP contribution in [0.5, 0.6) is 0 Å². The standard InChI is InChI=1S/C18H28N4O3/c1-18(2,3)25-17(24)20-15-7-4-6-13-10-21(11-14(13)15)16(23)12-22-9-5-8-19-22/h5,8-9,13-15H,4,6-7,10-12H2,1-3H3,(H,20,24)/t13-,14+,15-/m1/s1. The molecule has 0 radical (unpaired) electrons. The van der Waals surface area contributed by atoms with Gasteiger partial charge in [-0.25, -0.2) is 4.79 Å². The van der Waals surface area contributed by atoms with Crippen molar-refractivity contribution < 1.29 is 14.3 Å². The predicted octanol–water partition coefficient (Wildman–Crippen LogP) is 2.03. The molecule has 25 heavy (non-hydrogen) atoms. The minimum atomic E-state index is -0.500. The second-order valence-corrected chi connectivity index (χ2v) is 8.11. The second kappa shape index (κ2) is 7.06. The van der Waals surface area contributed by atoms with Crippen molar-refractivity contribution in [2.45, 2.75) is 58.2 Å². The molecule has 2 amide bonds. The van der Waals surface area contributed by atoms with E-state index in [0.717, 1.165) is 25.8 Å². The third-order valence-electron chi connectivity index (χ3n) is 5.01. The molecular weight excluding hydrogens is 320 g/mol. The zero-order valence-electron chi connectivity index (χ0n) is 15.3. The Morgan fingerprint density at radius 1 is 1.28 bits per heavy atom. The molecule has 7 nitrogen and oxygen atoms in total. The summed E-state index contributed by atoms with van der Waals surface area (Å²) in [7, 11) is 0. The van der Waals surface area contributed by atoms with E-state index in [1.807, 2.05) is 31.7 Å². The fourth-order valence-corrected chi connectivity index (χ4v) is 3.95. The average molecular weight is 348 g/mol. The Labute approximate surface area is 148 Å². The summed E-state index contributed by atoms with van der Waals surface area (Å²) in [5.74, 6) is 0.854. The van der Waals surface area contributed by atoms with E-state index < -0.39 is 5.60 Å². The number of rotatable bonds is 3. The molecule has 2 heterocycles. The number of aromatic nitrogens is 2. The first-order valence-electron chi connectivity index (χ1n) is 9.06. The van der Waals surface area contributed by atoms with Gasteiger partial charge in [0.15, 0.2) is 0 Å². The van der Waals surface area contributed by atoms with Gasteiger partial charge in [-0.15, -0.1) is 0 Å². The van der Waals surface area contributed by atoms with Gasteiger partial charge in [0.05, 0.1) is 0 Å². The summed E-state index contributed by atoms with van der Waals surface area (Å²) in [5, 5.41) is 7.14. The lowest BCUT2D eigenvalue weighted by atomic mass is 9.78. The average Bonchev–Trinajstić information content (AvgIpc) is 3.14. The minimum absolute atomic E-state index is 0.0797. The monoisotopic (exact) mass is 348 g/mol. The van der Waals surface area contributed by atoms with Gasteiger partial charge in [-0.2, -0.15) is 5.10 Å². The van der Waals surface area contributed by atoms with Crippen LogP contribution in [0.3, 0.4) is 0 Å². The summed E-state index contributed by atoms with van der Waals surface area (Å²) in [6, 6.07) is 1.90. The van der Waals surface area contributed by atoms with Crippen LogP contribution in [0.1, 0.15) is 40.0 Å². The van der Waals surface area contributed by atoms with Crippen LogP contribution in [0.25, 0.3) is 0 Å². The van der Waals surface area contributed by atoms with Gasteiger partial charge in [-0.05, 0) is 45.6 Å². The molecule has 0 spiro atoms. The number of carbonyl (C=O) groups excluding carboxylic acids is 2. The summed E-state index contributed by atoms with van der Waals surface area (Å²) in [6.45, 7) is 7.34. The van der Waals surface area contributed by atoms with E-state index in [-0.39, 0.29) is 24.6 Å². The third-order valence-corrected chi connectivity index (χ3v) is 5.01. The van der Waals surface area contributed by atoms with Gasteiger partial charge < -0.3 is 15.0 Å². The Kier molecular flexibility index (Phi) is 5.01. The van der Waals surface area contributed by atoms with Crippen LogP contribution in [0.15, 0.2) is 18.5 Å². The molecule has 1 N–H and O–H groups in total. The molecule has 1 saturated heterocycles. The van der Waals surface area contributed by atoms with Crippen molar-refractivity contribution >= 4 is 12.0 Å². The molecule has 7 heteroatoms. The topological polar surface area (TPSA) is 76.5 Å². The first-order valence-corrected chi connectivity index (χ1v) is 9.06. The number of amides is 2. The van der Waals surface area contributed by atoms with Crippen LogP contribution in [0, 0.1) is 11.8 Å². The van der Waals surface area contributed by atoms with Crippen molar-refractivity contribution in [1.29, 1.82) is 0 Å². The van der Waals surface area contributed by atoms with Gasteiger partial charge in [0.1, 0.15) is 12.1 Å². The molecular formula is C18H28N4O3. The molecule has 3 rings (SSSR count). The smallest absolute Gasteiger partial charge is 0.407 e. The van der Waals surface area contributed by atoms with Crippen molar-refractivity contribution in [1.82, 2.24) is 20.0 Å². The molecule has 0 unspecified atom stereocenters. The van der Waals surface area contributed by atoms with Gasteiger partial charge >= 0.3 is 6.09 Å². The van der Waals surface area contributed by atoms with Crippen molar-refractivity contribution in [3.8, 4) is 0 Å². The molecule has 1 aromatic rings. The minimum Gasteiger partial charge on any atom is -0.444 e. The number of carbonyl (C=O) groups is 2. The highest BCUT2D eigenvalue weighted by molar-refractivity contribution is 5.76. The Hall–Kier alpha value is -2.05. The molecule has 2 aliphatic rings. The zero-order valence-corrected chi connectivity index (χ0v) is 15.3. The van der Waals surface area contributed by atoms with Crippen LogP contribution in [-0.2, 0) is 16.1 Å². The van der Waals surface area contributed by atoms with Crippen LogP contribution >= 0.6 is 0 Å². The lowest BCUT2D eigenvalue weighted by Crippen LogP contribution is -2.47. The number of likely N-dealkylation sites (tertiary alicyclic amines) is 1. The second-order valence-electron chi connectivity index (χ2n) is 8.11. The van der Waals surface area contributed by atoms with E-state index >= 15 is 0 Å². The Bertz CT molecular complexity index is 608. The number of ether oxygens (including phenoxy) is 1. The number of nitrogens with one attached hydrogen (secondary N) is 1. The van der Waals surface area contributed by atoms with Gasteiger partial charge in [0.25, 0.3) is 0 Å². The lowest BCUT2D eigenvalue weighted by molar-refractivity contribution is -0.131. The molecule has 138 valence electrons. The highest BCUT2D eigenvalue weighted by Gasteiger charge is 2.42. The van der Waals surface area contributed by atoms with Crippen molar-refractivity contribution in [3.63, 3.8) is 0 Å². The summed E-state index contributed by atoms with van der Waals surface area (Å²) >= 11 is 0. The normalized spacial score (nSPS) is 26.2. The lowest BCUT2D eigenvalue weighted by Gasteiger charge is -2.33. The maximum atomic E-state index is 12.5. The third kappa shape index (κ3) is 4.52. The van der Waals surface area contributed by atoms with E-state index in [1.54, 1.807) is 17.1 Å². The van der Waals surface area contributed by atoms with E-state index in [0.29, 0.717) is 18.4 Å². The van der Waals surface area contributed by atoms with Crippen molar-refractivity contribution in [2.75, 3.05) is 13.1 Å². The van der Waals surface area contributed by atoms with Gasteiger partial charge in [0.2, 0.25) is 5.91 Å². The molecule has 1 aliphatic carbocycles. The molecule has 1 saturated carbocycles. The van der Waals surface area contributed by atoms with E-state index in [1.165, 1.54) is 0 Å². The molecule has 2 fully saturated rings.